The fourth-order valence-corrected chi connectivity index (χ4v) is 3.73. The molecule has 0 spiro atoms. The third-order valence-electron chi connectivity index (χ3n) is 5.57. The SMILES string of the molecule is CCn1cc(Nc2ncnc(-c3ccc(O[C@H]4CCN(C(=O)[C@H](C)O)C[C@@H]4F)c(C#N)c3)n2)cn1. The summed E-state index contributed by atoms with van der Waals surface area (Å²) in [5.74, 6) is 0.391. The van der Waals surface area contributed by atoms with Crippen LogP contribution >= 0.6 is 0 Å². The molecule has 0 aliphatic carbocycles. The molecule has 1 fully saturated rings. The summed E-state index contributed by atoms with van der Waals surface area (Å²) in [6.45, 7) is 4.15. The van der Waals surface area contributed by atoms with Gasteiger partial charge in [0.15, 0.2) is 12.0 Å². The number of amides is 1. The Kier molecular flexibility index (Phi) is 7.17. The number of halogens is 1. The number of anilines is 2. The summed E-state index contributed by atoms with van der Waals surface area (Å²) >= 11 is 0. The molecule has 35 heavy (non-hydrogen) atoms. The number of aryl methyl sites for hydroxylation is 1. The first kappa shape index (κ1) is 24.0. The van der Waals surface area contributed by atoms with Crippen molar-refractivity contribution in [1.29, 1.82) is 5.26 Å². The molecule has 182 valence electrons. The van der Waals surface area contributed by atoms with Crippen LogP contribution in [0.25, 0.3) is 11.4 Å². The number of aromatic nitrogens is 5. The van der Waals surface area contributed by atoms with Crippen LogP contribution in [0.3, 0.4) is 0 Å². The van der Waals surface area contributed by atoms with Gasteiger partial charge in [0.2, 0.25) is 5.95 Å². The lowest BCUT2D eigenvalue weighted by atomic mass is 10.0. The molecule has 1 saturated heterocycles. The molecule has 0 unspecified atom stereocenters. The first-order valence-electron chi connectivity index (χ1n) is 11.2. The number of aliphatic hydroxyl groups is 1. The number of rotatable bonds is 7. The number of nitrogens with zero attached hydrogens (tertiary/aromatic N) is 7. The minimum atomic E-state index is -1.45. The van der Waals surface area contributed by atoms with E-state index in [2.05, 4.69) is 31.4 Å². The highest BCUT2D eigenvalue weighted by molar-refractivity contribution is 5.80. The van der Waals surface area contributed by atoms with Crippen LogP contribution in [0, 0.1) is 11.3 Å². The van der Waals surface area contributed by atoms with Crippen molar-refractivity contribution in [3.63, 3.8) is 0 Å². The van der Waals surface area contributed by atoms with Crippen molar-refractivity contribution in [2.75, 3.05) is 18.4 Å². The summed E-state index contributed by atoms with van der Waals surface area (Å²) in [5.41, 5.74) is 1.50. The first-order valence-corrected chi connectivity index (χ1v) is 11.2. The molecular weight excluding hydrogens is 455 g/mol. The lowest BCUT2D eigenvalue weighted by Gasteiger charge is -2.35. The van der Waals surface area contributed by atoms with E-state index in [1.54, 1.807) is 29.1 Å². The maximum atomic E-state index is 14.7. The van der Waals surface area contributed by atoms with Crippen LogP contribution < -0.4 is 10.1 Å². The van der Waals surface area contributed by atoms with Crippen molar-refractivity contribution in [3.8, 4) is 23.2 Å². The van der Waals surface area contributed by atoms with Crippen molar-refractivity contribution < 1.29 is 19.0 Å². The molecule has 0 radical (unpaired) electrons. The monoisotopic (exact) mass is 480 g/mol. The van der Waals surface area contributed by atoms with Crippen molar-refractivity contribution in [2.24, 2.45) is 0 Å². The molecule has 1 amide bonds. The van der Waals surface area contributed by atoms with E-state index in [0.717, 1.165) is 12.2 Å². The third kappa shape index (κ3) is 5.52. The van der Waals surface area contributed by atoms with Crippen molar-refractivity contribution in [3.05, 3.63) is 42.5 Å². The molecule has 2 aromatic heterocycles. The Bertz CT molecular complexity index is 1240. The van der Waals surface area contributed by atoms with E-state index < -0.39 is 24.3 Å². The van der Waals surface area contributed by atoms with Crippen molar-refractivity contribution in [2.45, 2.75) is 45.2 Å². The van der Waals surface area contributed by atoms with Crippen LogP contribution in [0.4, 0.5) is 16.0 Å². The summed E-state index contributed by atoms with van der Waals surface area (Å²) in [4.78, 5) is 25.9. The second-order valence-electron chi connectivity index (χ2n) is 8.09. The van der Waals surface area contributed by atoms with Gasteiger partial charge in [-0.05, 0) is 32.0 Å². The van der Waals surface area contributed by atoms with Gasteiger partial charge in [0.05, 0.1) is 24.0 Å². The molecule has 3 heterocycles. The maximum Gasteiger partial charge on any atom is 0.251 e. The van der Waals surface area contributed by atoms with Gasteiger partial charge in [-0.2, -0.15) is 15.3 Å². The standard InChI is InChI=1S/C23H25FN8O3/c1-3-32-11-17(10-28-32)29-23-27-13-26-21(30-23)15-4-5-19(16(8-15)9-25)35-20-6-7-31(12-18(20)24)22(34)14(2)33/h4-5,8,10-11,13-14,18,20,33H,3,6-7,12H2,1-2H3,(H,26,27,29,30)/t14-,18-,20-/m0/s1. The van der Waals surface area contributed by atoms with Gasteiger partial charge in [-0.3, -0.25) is 9.48 Å². The Morgan fingerprint density at radius 1 is 1.43 bits per heavy atom. The highest BCUT2D eigenvalue weighted by Gasteiger charge is 2.34. The van der Waals surface area contributed by atoms with E-state index in [4.69, 9.17) is 4.74 Å². The molecule has 3 aromatic rings. The number of ether oxygens (including phenoxy) is 1. The first-order chi connectivity index (χ1) is 16.9. The molecule has 2 N–H and O–H groups in total. The van der Waals surface area contributed by atoms with Crippen LogP contribution in [-0.4, -0.2) is 72.1 Å². The molecule has 3 atom stereocenters. The number of likely N-dealkylation sites (tertiary alicyclic amines) is 1. The average Bonchev–Trinajstić information content (AvgIpc) is 3.32. The quantitative estimate of drug-likeness (QED) is 0.519. The number of hydrogen-bond acceptors (Lipinski definition) is 9. The Labute approximate surface area is 201 Å². The van der Waals surface area contributed by atoms with Crippen molar-refractivity contribution in [1.82, 2.24) is 29.6 Å². The number of benzene rings is 1. The summed E-state index contributed by atoms with van der Waals surface area (Å²) in [6, 6.07) is 6.91. The van der Waals surface area contributed by atoms with E-state index >= 15 is 0 Å². The van der Waals surface area contributed by atoms with Gasteiger partial charge in [-0.1, -0.05) is 0 Å². The van der Waals surface area contributed by atoms with E-state index in [0.29, 0.717) is 17.3 Å². The number of carbonyl (C=O) groups is 1. The molecular formula is C23H25FN8O3. The predicted molar refractivity (Wildman–Crippen MR) is 123 cm³/mol. The molecule has 12 heteroatoms. The number of aliphatic hydroxyl groups excluding tert-OH is 1. The smallest absolute Gasteiger partial charge is 0.251 e. The highest BCUT2D eigenvalue weighted by Crippen LogP contribution is 2.28. The van der Waals surface area contributed by atoms with Crippen LogP contribution in [0.15, 0.2) is 36.9 Å². The summed E-state index contributed by atoms with van der Waals surface area (Å²) in [6.07, 6.45) is 1.64. The molecule has 0 saturated carbocycles. The topological polar surface area (TPSA) is 142 Å². The normalized spacial score (nSPS) is 18.5. The van der Waals surface area contributed by atoms with Gasteiger partial charge in [-0.15, -0.1) is 0 Å². The summed E-state index contributed by atoms with van der Waals surface area (Å²) in [5, 5.41) is 26.4. The van der Waals surface area contributed by atoms with Gasteiger partial charge in [0.25, 0.3) is 5.91 Å². The Hall–Kier alpha value is -4.11. The predicted octanol–water partition coefficient (Wildman–Crippen LogP) is 2.07. The van der Waals surface area contributed by atoms with Gasteiger partial charge >= 0.3 is 0 Å². The van der Waals surface area contributed by atoms with E-state index in [1.165, 1.54) is 18.2 Å². The number of nitrogens with one attached hydrogen (secondary N) is 1. The van der Waals surface area contributed by atoms with E-state index in [1.807, 2.05) is 13.1 Å². The van der Waals surface area contributed by atoms with Crippen LogP contribution in [0.2, 0.25) is 0 Å². The van der Waals surface area contributed by atoms with Gasteiger partial charge in [-0.25, -0.2) is 14.4 Å². The molecule has 1 aliphatic heterocycles. The fourth-order valence-electron chi connectivity index (χ4n) is 3.73. The average molecular weight is 481 g/mol. The highest BCUT2D eigenvalue weighted by atomic mass is 19.1. The van der Waals surface area contributed by atoms with Gasteiger partial charge < -0.3 is 20.1 Å². The molecule has 0 bridgehead atoms. The van der Waals surface area contributed by atoms with E-state index in [9.17, 15) is 19.6 Å². The minimum absolute atomic E-state index is 0.174. The lowest BCUT2D eigenvalue weighted by molar-refractivity contribution is -0.143. The molecule has 1 aromatic carbocycles. The van der Waals surface area contributed by atoms with Crippen LogP contribution in [-0.2, 0) is 11.3 Å². The summed E-state index contributed by atoms with van der Waals surface area (Å²) < 4.78 is 22.3. The van der Waals surface area contributed by atoms with Crippen molar-refractivity contribution >= 4 is 17.5 Å². The Morgan fingerprint density at radius 3 is 2.94 bits per heavy atom. The minimum Gasteiger partial charge on any atom is -0.486 e. The van der Waals surface area contributed by atoms with E-state index in [-0.39, 0.29) is 30.8 Å². The van der Waals surface area contributed by atoms with Crippen LogP contribution in [0.1, 0.15) is 25.8 Å². The zero-order chi connectivity index (χ0) is 24.9. The number of nitriles is 1. The molecule has 11 nitrogen and oxygen atoms in total. The second kappa shape index (κ2) is 10.4. The summed E-state index contributed by atoms with van der Waals surface area (Å²) in [7, 11) is 0. The zero-order valence-electron chi connectivity index (χ0n) is 19.3. The largest absolute Gasteiger partial charge is 0.486 e. The number of piperidine rings is 1. The number of carbonyl (C=O) groups excluding carboxylic acids is 1. The third-order valence-corrected chi connectivity index (χ3v) is 5.57. The van der Waals surface area contributed by atoms with Crippen LogP contribution in [0.5, 0.6) is 5.75 Å². The fraction of sp³-hybridized carbons (Fsp3) is 0.391. The second-order valence-corrected chi connectivity index (χ2v) is 8.09. The molecule has 4 rings (SSSR count). The number of alkyl halides is 1. The Morgan fingerprint density at radius 2 is 2.26 bits per heavy atom. The number of hydrogen-bond donors (Lipinski definition) is 2. The van der Waals surface area contributed by atoms with Gasteiger partial charge in [0.1, 0.15) is 30.4 Å². The lowest BCUT2D eigenvalue weighted by Crippen LogP contribution is -2.51. The zero-order valence-corrected chi connectivity index (χ0v) is 19.3. The van der Waals surface area contributed by atoms with Gasteiger partial charge in [0, 0.05) is 31.3 Å². The molecule has 1 aliphatic rings. The maximum absolute atomic E-state index is 14.7. The Balaban J connectivity index is 1.47.